The molecule has 75 heavy (non-hydrogen) atoms. The normalized spacial score (nSPS) is 12.4. The largest absolute Gasteiger partial charge is 0.462 e. The van der Waals surface area contributed by atoms with Crippen LogP contribution in [0.3, 0.4) is 0 Å². The second-order valence-electron chi connectivity index (χ2n) is 22.0. The quantitative estimate of drug-likeness (QED) is 0.0261. The van der Waals surface area contributed by atoms with Crippen LogP contribution in [0.25, 0.3) is 0 Å². The van der Waals surface area contributed by atoms with Gasteiger partial charge in [-0.1, -0.05) is 274 Å². The zero-order chi connectivity index (χ0) is 54.3. The highest BCUT2D eigenvalue weighted by Crippen LogP contribution is 2.16. The van der Waals surface area contributed by atoms with Crippen LogP contribution in [0, 0.1) is 0 Å². The molecule has 0 saturated heterocycles. The van der Waals surface area contributed by atoms with Crippen molar-refractivity contribution in [3.05, 3.63) is 60.8 Å². The Morgan fingerprint density at radius 2 is 0.480 bits per heavy atom. The van der Waals surface area contributed by atoms with Gasteiger partial charge in [-0.3, -0.25) is 14.4 Å². The van der Waals surface area contributed by atoms with Crippen molar-refractivity contribution in [2.45, 2.75) is 348 Å². The lowest BCUT2D eigenvalue weighted by Crippen LogP contribution is -2.30. The maximum absolute atomic E-state index is 12.9. The minimum atomic E-state index is -0.785. The molecule has 1 atom stereocenters. The second-order valence-corrected chi connectivity index (χ2v) is 22.0. The van der Waals surface area contributed by atoms with Crippen molar-refractivity contribution >= 4 is 17.9 Å². The third kappa shape index (κ3) is 61.8. The maximum Gasteiger partial charge on any atom is 0.306 e. The molecule has 0 aliphatic carbocycles. The summed E-state index contributed by atoms with van der Waals surface area (Å²) >= 11 is 0. The Bertz CT molecular complexity index is 1340. The lowest BCUT2D eigenvalue weighted by Gasteiger charge is -2.18. The highest BCUT2D eigenvalue weighted by molar-refractivity contribution is 5.71. The van der Waals surface area contributed by atoms with Crippen LogP contribution in [-0.2, 0) is 28.6 Å². The summed E-state index contributed by atoms with van der Waals surface area (Å²) in [5, 5.41) is 0. The average molecular weight is 1050 g/mol. The molecule has 0 radical (unpaired) electrons. The fourth-order valence-corrected chi connectivity index (χ4v) is 9.50. The molecule has 0 spiro atoms. The Hall–Kier alpha value is -2.89. The van der Waals surface area contributed by atoms with Crippen LogP contribution >= 0.6 is 0 Å². The number of hydrogen-bond acceptors (Lipinski definition) is 6. The first kappa shape index (κ1) is 72.1. The van der Waals surface area contributed by atoms with E-state index in [9.17, 15) is 14.4 Å². The van der Waals surface area contributed by atoms with E-state index < -0.39 is 6.10 Å². The summed E-state index contributed by atoms with van der Waals surface area (Å²) in [6, 6.07) is 0. The van der Waals surface area contributed by atoms with Crippen molar-refractivity contribution in [3.63, 3.8) is 0 Å². The molecule has 0 amide bonds. The van der Waals surface area contributed by atoms with Crippen LogP contribution in [0.15, 0.2) is 60.8 Å². The van der Waals surface area contributed by atoms with E-state index in [0.29, 0.717) is 19.3 Å². The predicted octanol–water partition coefficient (Wildman–Crippen LogP) is 22.3. The first-order valence-electron chi connectivity index (χ1n) is 32.8. The smallest absolute Gasteiger partial charge is 0.306 e. The van der Waals surface area contributed by atoms with Gasteiger partial charge in [-0.2, -0.15) is 0 Å². The van der Waals surface area contributed by atoms with Gasteiger partial charge in [0.15, 0.2) is 6.10 Å². The maximum atomic E-state index is 12.9. The SMILES string of the molecule is CCCCC/C=C\C/C=C\C/C=C\CCCCCCCCC(=O)OC(COC(=O)CCCCCCCCC/C=C\CCCCCCCC)COC(=O)CCCCCCCCCCC/C=C\CCCCCCCCCC. The van der Waals surface area contributed by atoms with E-state index >= 15 is 0 Å². The number of rotatable bonds is 60. The Kier molecular flexibility index (Phi) is 61.2. The number of hydrogen-bond donors (Lipinski definition) is 0. The fraction of sp³-hybridized carbons (Fsp3) is 0.812. The molecule has 0 rings (SSSR count). The van der Waals surface area contributed by atoms with E-state index in [4.69, 9.17) is 14.2 Å². The number of esters is 3. The van der Waals surface area contributed by atoms with Crippen molar-refractivity contribution < 1.29 is 28.6 Å². The minimum Gasteiger partial charge on any atom is -0.462 e. The molecular weight excluding hydrogens is 925 g/mol. The zero-order valence-corrected chi connectivity index (χ0v) is 50.1. The van der Waals surface area contributed by atoms with E-state index in [0.717, 1.165) is 83.5 Å². The molecule has 0 aliphatic rings. The summed E-state index contributed by atoms with van der Waals surface area (Å²) in [7, 11) is 0. The van der Waals surface area contributed by atoms with Gasteiger partial charge in [-0.05, 0) is 109 Å². The summed E-state index contributed by atoms with van der Waals surface area (Å²) < 4.78 is 16.9. The standard InChI is InChI=1S/C69H124O6/c1-4-7-10-13-16-19-22-25-28-31-33-34-36-38-41-44-47-50-53-56-59-62-68(71)74-65-66(64-73-67(70)61-58-55-52-49-46-43-40-37-30-27-24-21-18-15-12-9-6-3)75-69(72)63-60-57-54-51-48-45-42-39-35-32-29-26-23-20-17-14-11-8-5-2/h17,20,26-27,29-31,33,35,39,66H,4-16,18-19,21-25,28,32,34,36-38,40-65H2,1-3H3/b20-17-,29-26-,30-27-,33-31-,39-35-. The van der Waals surface area contributed by atoms with Gasteiger partial charge < -0.3 is 14.2 Å². The third-order valence-corrected chi connectivity index (χ3v) is 14.5. The second kappa shape index (κ2) is 63.6. The van der Waals surface area contributed by atoms with Crippen LogP contribution < -0.4 is 0 Å². The Balaban J connectivity index is 4.38. The molecule has 0 aliphatic heterocycles. The summed E-state index contributed by atoms with van der Waals surface area (Å²) in [6.07, 6.45) is 80.8. The zero-order valence-electron chi connectivity index (χ0n) is 50.1. The summed E-state index contributed by atoms with van der Waals surface area (Å²) in [5.41, 5.74) is 0. The molecule has 6 heteroatoms. The van der Waals surface area contributed by atoms with Gasteiger partial charge >= 0.3 is 17.9 Å². The highest BCUT2D eigenvalue weighted by Gasteiger charge is 2.19. The van der Waals surface area contributed by atoms with Crippen molar-refractivity contribution in [1.82, 2.24) is 0 Å². The minimum absolute atomic E-state index is 0.0803. The van der Waals surface area contributed by atoms with Gasteiger partial charge in [0.1, 0.15) is 13.2 Å². The van der Waals surface area contributed by atoms with E-state index in [1.54, 1.807) is 0 Å². The predicted molar refractivity (Wildman–Crippen MR) is 325 cm³/mol. The number of carbonyl (C=O) groups is 3. The Morgan fingerprint density at radius 1 is 0.267 bits per heavy atom. The molecule has 6 nitrogen and oxygen atoms in total. The molecule has 0 bridgehead atoms. The van der Waals surface area contributed by atoms with Crippen LogP contribution in [-0.4, -0.2) is 37.2 Å². The van der Waals surface area contributed by atoms with Crippen LogP contribution in [0.1, 0.15) is 342 Å². The summed E-state index contributed by atoms with van der Waals surface area (Å²) in [6.45, 7) is 6.64. The average Bonchev–Trinajstić information content (AvgIpc) is 3.41. The monoisotopic (exact) mass is 1050 g/mol. The van der Waals surface area contributed by atoms with Crippen molar-refractivity contribution in [2.75, 3.05) is 13.2 Å². The first-order valence-corrected chi connectivity index (χ1v) is 32.8. The summed E-state index contributed by atoms with van der Waals surface area (Å²) in [5.74, 6) is -0.881. The molecule has 0 heterocycles. The van der Waals surface area contributed by atoms with Gasteiger partial charge in [0, 0.05) is 19.3 Å². The number of ether oxygens (including phenoxy) is 3. The van der Waals surface area contributed by atoms with E-state index in [-0.39, 0.29) is 31.1 Å². The third-order valence-electron chi connectivity index (χ3n) is 14.5. The topological polar surface area (TPSA) is 78.9 Å². The van der Waals surface area contributed by atoms with E-state index in [1.807, 2.05) is 0 Å². The number of unbranched alkanes of at least 4 members (excludes halogenated alkanes) is 39. The lowest BCUT2D eigenvalue weighted by atomic mass is 10.1. The van der Waals surface area contributed by atoms with E-state index in [1.165, 1.54) is 218 Å². The molecule has 0 N–H and O–H groups in total. The van der Waals surface area contributed by atoms with Gasteiger partial charge in [0.05, 0.1) is 0 Å². The first-order chi connectivity index (χ1) is 37.0. The number of allylic oxidation sites excluding steroid dienone is 10. The lowest BCUT2D eigenvalue weighted by molar-refractivity contribution is -0.167. The van der Waals surface area contributed by atoms with Crippen LogP contribution in [0.5, 0.6) is 0 Å². The Labute approximate surface area is 466 Å². The van der Waals surface area contributed by atoms with Crippen molar-refractivity contribution in [2.24, 2.45) is 0 Å². The Morgan fingerprint density at radius 3 is 0.787 bits per heavy atom. The van der Waals surface area contributed by atoms with Crippen LogP contribution in [0.2, 0.25) is 0 Å². The number of carbonyl (C=O) groups excluding carboxylic acids is 3. The molecule has 0 aromatic rings. The van der Waals surface area contributed by atoms with E-state index in [2.05, 4.69) is 81.5 Å². The molecular formula is C69H124O6. The molecule has 0 aromatic carbocycles. The van der Waals surface area contributed by atoms with Gasteiger partial charge in [0.25, 0.3) is 0 Å². The van der Waals surface area contributed by atoms with Crippen molar-refractivity contribution in [3.8, 4) is 0 Å². The molecule has 0 saturated carbocycles. The summed E-state index contributed by atoms with van der Waals surface area (Å²) in [4.78, 5) is 38.4. The highest BCUT2D eigenvalue weighted by atomic mass is 16.6. The molecule has 1 unspecified atom stereocenters. The molecule has 0 fully saturated rings. The van der Waals surface area contributed by atoms with Gasteiger partial charge in [-0.25, -0.2) is 0 Å². The van der Waals surface area contributed by atoms with Crippen molar-refractivity contribution in [1.29, 1.82) is 0 Å². The molecule has 436 valence electrons. The molecule has 0 aromatic heterocycles. The van der Waals surface area contributed by atoms with Gasteiger partial charge in [-0.15, -0.1) is 0 Å². The fourth-order valence-electron chi connectivity index (χ4n) is 9.50. The van der Waals surface area contributed by atoms with Crippen LogP contribution in [0.4, 0.5) is 0 Å². The van der Waals surface area contributed by atoms with Gasteiger partial charge in [0.2, 0.25) is 0 Å².